The van der Waals surface area contributed by atoms with Crippen molar-refractivity contribution in [2.45, 2.75) is 19.3 Å². The first-order valence-electron chi connectivity index (χ1n) is 7.84. The molecule has 2 aromatic rings. The van der Waals surface area contributed by atoms with E-state index in [1.54, 1.807) is 29.2 Å². The molecule has 0 bridgehead atoms. The van der Waals surface area contributed by atoms with E-state index in [2.05, 4.69) is 17.7 Å². The average molecular weight is 344 g/mol. The van der Waals surface area contributed by atoms with Crippen molar-refractivity contribution in [3.63, 3.8) is 0 Å². The minimum atomic E-state index is -3.32. The van der Waals surface area contributed by atoms with Gasteiger partial charge in [-0.15, -0.1) is 0 Å². The molecule has 1 aliphatic heterocycles. The first kappa shape index (κ1) is 16.5. The van der Waals surface area contributed by atoms with Crippen LogP contribution in [-0.4, -0.2) is 27.1 Å². The minimum absolute atomic E-state index is 0.0692. The predicted octanol–water partition coefficient (Wildman–Crippen LogP) is 3.21. The van der Waals surface area contributed by atoms with Gasteiger partial charge >= 0.3 is 0 Å². The maximum absolute atomic E-state index is 12.9. The van der Waals surface area contributed by atoms with E-state index < -0.39 is 10.0 Å². The summed E-state index contributed by atoms with van der Waals surface area (Å²) in [7, 11) is -3.32. The topological polar surface area (TPSA) is 66.5 Å². The number of nitrogens with zero attached hydrogens (tertiary/aromatic N) is 1. The van der Waals surface area contributed by atoms with Gasteiger partial charge in [-0.05, 0) is 48.2 Å². The van der Waals surface area contributed by atoms with Crippen molar-refractivity contribution in [2.24, 2.45) is 0 Å². The largest absolute Gasteiger partial charge is 0.308 e. The Morgan fingerprint density at radius 2 is 1.79 bits per heavy atom. The molecule has 1 aliphatic rings. The van der Waals surface area contributed by atoms with Crippen LogP contribution in [0.5, 0.6) is 0 Å². The van der Waals surface area contributed by atoms with Gasteiger partial charge in [0.2, 0.25) is 10.0 Å². The first-order valence-corrected chi connectivity index (χ1v) is 9.73. The quantitative estimate of drug-likeness (QED) is 0.930. The third-order valence-electron chi connectivity index (χ3n) is 4.22. The van der Waals surface area contributed by atoms with Crippen molar-refractivity contribution >= 4 is 27.3 Å². The Labute approximate surface area is 142 Å². The molecule has 0 saturated heterocycles. The highest BCUT2D eigenvalue weighted by atomic mass is 32.2. The summed E-state index contributed by atoms with van der Waals surface area (Å²) in [5, 5.41) is 0. The Morgan fingerprint density at radius 3 is 2.46 bits per heavy atom. The number of benzene rings is 2. The van der Waals surface area contributed by atoms with Crippen molar-refractivity contribution in [3.8, 4) is 0 Å². The Bertz CT molecular complexity index is 860. The van der Waals surface area contributed by atoms with Crippen LogP contribution in [-0.2, 0) is 10.0 Å². The van der Waals surface area contributed by atoms with Crippen LogP contribution in [0.2, 0.25) is 0 Å². The number of hydrogen-bond acceptors (Lipinski definition) is 3. The summed E-state index contributed by atoms with van der Waals surface area (Å²) in [5.74, 6) is 0.367. The fourth-order valence-electron chi connectivity index (χ4n) is 3.01. The van der Waals surface area contributed by atoms with Crippen LogP contribution in [0, 0.1) is 0 Å². The van der Waals surface area contributed by atoms with Gasteiger partial charge in [-0.3, -0.25) is 9.52 Å². The lowest BCUT2D eigenvalue weighted by molar-refractivity contribution is 0.0984. The van der Waals surface area contributed by atoms with E-state index in [4.69, 9.17) is 0 Å². The summed E-state index contributed by atoms with van der Waals surface area (Å²) >= 11 is 0. The summed E-state index contributed by atoms with van der Waals surface area (Å²) in [6.45, 7) is 2.85. The number of hydrogen-bond donors (Lipinski definition) is 1. The van der Waals surface area contributed by atoms with E-state index in [0.29, 0.717) is 23.7 Å². The van der Waals surface area contributed by atoms with Gasteiger partial charge in [-0.1, -0.05) is 25.1 Å². The lowest BCUT2D eigenvalue weighted by atomic mass is 9.91. The Balaban J connectivity index is 1.86. The van der Waals surface area contributed by atoms with E-state index in [0.717, 1.165) is 18.4 Å². The lowest BCUT2D eigenvalue weighted by Gasteiger charge is -2.33. The monoisotopic (exact) mass is 344 g/mol. The van der Waals surface area contributed by atoms with Crippen LogP contribution < -0.4 is 9.62 Å². The second-order valence-electron chi connectivity index (χ2n) is 6.16. The Kier molecular flexibility index (Phi) is 4.32. The van der Waals surface area contributed by atoms with E-state index in [1.165, 1.54) is 5.56 Å². The number of sulfonamides is 1. The van der Waals surface area contributed by atoms with E-state index in [9.17, 15) is 13.2 Å². The highest BCUT2D eigenvalue weighted by Gasteiger charge is 2.26. The molecule has 1 amide bonds. The van der Waals surface area contributed by atoms with Gasteiger partial charge < -0.3 is 4.90 Å². The normalized spacial score (nSPS) is 17.2. The van der Waals surface area contributed by atoms with Gasteiger partial charge in [0.05, 0.1) is 6.26 Å². The molecular formula is C18H20N2O3S. The number of fused-ring (bicyclic) bond motifs is 1. The maximum Gasteiger partial charge on any atom is 0.258 e. The fourth-order valence-corrected chi connectivity index (χ4v) is 3.57. The van der Waals surface area contributed by atoms with Gasteiger partial charge in [-0.25, -0.2) is 8.42 Å². The van der Waals surface area contributed by atoms with Crippen LogP contribution in [0.25, 0.3) is 0 Å². The molecule has 126 valence electrons. The third-order valence-corrected chi connectivity index (χ3v) is 4.83. The van der Waals surface area contributed by atoms with Crippen LogP contribution >= 0.6 is 0 Å². The lowest BCUT2D eigenvalue weighted by Crippen LogP contribution is -2.36. The second kappa shape index (κ2) is 6.28. The van der Waals surface area contributed by atoms with Crippen molar-refractivity contribution < 1.29 is 13.2 Å². The zero-order valence-corrected chi connectivity index (χ0v) is 14.5. The molecular weight excluding hydrogens is 324 g/mol. The molecule has 6 heteroatoms. The van der Waals surface area contributed by atoms with Gasteiger partial charge in [0, 0.05) is 23.5 Å². The van der Waals surface area contributed by atoms with Crippen molar-refractivity contribution in [1.82, 2.24) is 0 Å². The number of carbonyl (C=O) groups excluding carboxylic acids is 1. The number of para-hydroxylation sites is 1. The zero-order chi connectivity index (χ0) is 17.3. The molecule has 1 heterocycles. The molecule has 0 spiro atoms. The second-order valence-corrected chi connectivity index (χ2v) is 7.91. The molecule has 0 saturated carbocycles. The Morgan fingerprint density at radius 1 is 1.12 bits per heavy atom. The maximum atomic E-state index is 12.9. The van der Waals surface area contributed by atoms with Crippen LogP contribution in [0.4, 0.5) is 11.4 Å². The van der Waals surface area contributed by atoms with Crippen molar-refractivity contribution in [3.05, 3.63) is 59.7 Å². The summed E-state index contributed by atoms with van der Waals surface area (Å²) in [4.78, 5) is 14.7. The van der Waals surface area contributed by atoms with Crippen LogP contribution in [0.3, 0.4) is 0 Å². The van der Waals surface area contributed by atoms with E-state index in [-0.39, 0.29) is 5.91 Å². The van der Waals surface area contributed by atoms with E-state index in [1.807, 2.05) is 18.2 Å². The first-order chi connectivity index (χ1) is 11.3. The van der Waals surface area contributed by atoms with Gasteiger partial charge in [0.15, 0.2) is 0 Å². The molecule has 1 N–H and O–H groups in total. The molecule has 5 nitrogen and oxygen atoms in total. The molecule has 1 unspecified atom stereocenters. The number of amides is 1. The molecule has 24 heavy (non-hydrogen) atoms. The van der Waals surface area contributed by atoms with Crippen LogP contribution in [0.15, 0.2) is 48.5 Å². The molecule has 1 atom stereocenters. The van der Waals surface area contributed by atoms with Gasteiger partial charge in [0.25, 0.3) is 5.91 Å². The standard InChI is InChI=1S/C18H20N2O3S/c1-13-11-12-20(17-6-4-3-5-16(13)17)18(21)14-7-9-15(10-8-14)19-24(2,22)23/h3-10,13,19H,11-12H2,1-2H3. The highest BCUT2D eigenvalue weighted by molar-refractivity contribution is 7.92. The average Bonchev–Trinajstić information content (AvgIpc) is 2.54. The van der Waals surface area contributed by atoms with Gasteiger partial charge in [-0.2, -0.15) is 0 Å². The molecule has 0 aliphatic carbocycles. The number of nitrogens with one attached hydrogen (secondary N) is 1. The summed E-state index contributed by atoms with van der Waals surface area (Å²) in [6.07, 6.45) is 2.02. The molecule has 3 rings (SSSR count). The summed E-state index contributed by atoms with van der Waals surface area (Å²) in [5.41, 5.74) is 3.13. The Hall–Kier alpha value is -2.34. The molecule has 0 radical (unpaired) electrons. The predicted molar refractivity (Wildman–Crippen MR) is 96.1 cm³/mol. The van der Waals surface area contributed by atoms with Gasteiger partial charge in [0.1, 0.15) is 0 Å². The summed E-state index contributed by atoms with van der Waals surface area (Å²) < 4.78 is 24.9. The molecule has 2 aromatic carbocycles. The third kappa shape index (κ3) is 3.43. The number of carbonyl (C=O) groups is 1. The smallest absolute Gasteiger partial charge is 0.258 e. The SMILES string of the molecule is CC1CCN(C(=O)c2ccc(NS(C)(=O)=O)cc2)c2ccccc21. The van der Waals surface area contributed by atoms with Crippen molar-refractivity contribution in [2.75, 3.05) is 22.4 Å². The molecule has 0 fully saturated rings. The fraction of sp³-hybridized carbons (Fsp3) is 0.278. The number of anilines is 2. The molecule has 0 aromatic heterocycles. The van der Waals surface area contributed by atoms with Crippen molar-refractivity contribution in [1.29, 1.82) is 0 Å². The number of rotatable bonds is 3. The minimum Gasteiger partial charge on any atom is -0.308 e. The van der Waals surface area contributed by atoms with E-state index >= 15 is 0 Å². The highest BCUT2D eigenvalue weighted by Crippen LogP contribution is 2.35. The zero-order valence-electron chi connectivity index (χ0n) is 13.7. The summed E-state index contributed by atoms with van der Waals surface area (Å²) in [6, 6.07) is 14.5. The van der Waals surface area contributed by atoms with Crippen LogP contribution in [0.1, 0.15) is 35.2 Å².